The second-order valence-corrected chi connectivity index (χ2v) is 17.9. The van der Waals surface area contributed by atoms with E-state index in [-0.39, 0.29) is 23.7 Å². The van der Waals surface area contributed by atoms with Crippen molar-refractivity contribution in [2.24, 2.45) is 23.2 Å². The van der Waals surface area contributed by atoms with Crippen molar-refractivity contribution in [2.45, 2.75) is 96.3 Å². The van der Waals surface area contributed by atoms with Gasteiger partial charge in [-0.2, -0.15) is 0 Å². The lowest BCUT2D eigenvalue weighted by molar-refractivity contribution is -0.272. The molecule has 49 heavy (non-hydrogen) atoms. The maximum absolute atomic E-state index is 13.6. The maximum Gasteiger partial charge on any atom is 0.264 e. The van der Waals surface area contributed by atoms with Gasteiger partial charge in [-0.1, -0.05) is 37.9 Å². The highest BCUT2D eigenvalue weighted by Gasteiger charge is 2.51. The minimum absolute atomic E-state index is 0.139. The van der Waals surface area contributed by atoms with Gasteiger partial charge in [0.1, 0.15) is 12.4 Å². The molecule has 2 bridgehead atoms. The van der Waals surface area contributed by atoms with Crippen LogP contribution < -0.4 is 14.4 Å². The molecule has 2 aromatic carbocycles. The zero-order chi connectivity index (χ0) is 34.9. The van der Waals surface area contributed by atoms with Crippen molar-refractivity contribution in [1.29, 1.82) is 0 Å². The molecule has 0 spiro atoms. The van der Waals surface area contributed by atoms with Crippen LogP contribution in [-0.2, 0) is 32.5 Å². The summed E-state index contributed by atoms with van der Waals surface area (Å²) in [5, 5.41) is -0.0139. The van der Waals surface area contributed by atoms with Gasteiger partial charge in [-0.15, -0.1) is 0 Å². The van der Waals surface area contributed by atoms with Crippen LogP contribution in [0.4, 0.5) is 5.69 Å². The molecule has 11 heteroatoms. The Morgan fingerprint density at radius 1 is 0.980 bits per heavy atom. The van der Waals surface area contributed by atoms with E-state index in [0.29, 0.717) is 43.0 Å². The van der Waals surface area contributed by atoms with Gasteiger partial charge in [0.2, 0.25) is 10.0 Å². The smallest absolute Gasteiger partial charge is 0.264 e. The number of sulfonamides is 1. The van der Waals surface area contributed by atoms with Crippen LogP contribution in [-0.4, -0.2) is 77.2 Å². The van der Waals surface area contributed by atoms with Gasteiger partial charge < -0.3 is 24.0 Å². The number of ether oxygens (including phenoxy) is 3. The Bertz CT molecular complexity index is 1600. The lowest BCUT2D eigenvalue weighted by atomic mass is 9.57. The average Bonchev–Trinajstić information content (AvgIpc) is 3.08. The van der Waals surface area contributed by atoms with Crippen molar-refractivity contribution in [2.75, 3.05) is 45.3 Å². The molecule has 1 aliphatic carbocycles. The number of carbonyl (C=O) groups is 1. The van der Waals surface area contributed by atoms with Gasteiger partial charge in [0.25, 0.3) is 5.91 Å². The molecule has 1 N–H and O–H groups in total. The van der Waals surface area contributed by atoms with Gasteiger partial charge in [0.05, 0.1) is 30.2 Å². The molecule has 0 unspecified atom stereocenters. The molecular weight excluding hydrogens is 662 g/mol. The second kappa shape index (κ2) is 15.1. The van der Waals surface area contributed by atoms with E-state index < -0.39 is 21.2 Å². The molecule has 0 aromatic heterocycles. The number of fused-ring (bicyclic) bond motifs is 3. The molecule has 5 atom stereocenters. The van der Waals surface area contributed by atoms with Crippen molar-refractivity contribution >= 4 is 33.2 Å². The molecular formula is C38H54ClN3O6S. The summed E-state index contributed by atoms with van der Waals surface area (Å²) in [5.74, 6) is 0.704. The third kappa shape index (κ3) is 7.93. The van der Waals surface area contributed by atoms with Crippen LogP contribution in [0.5, 0.6) is 5.75 Å². The first-order valence-corrected chi connectivity index (χ1v) is 20.0. The number of carbonyl (C=O) groups excluding carboxylic acids is 1. The zero-order valence-electron chi connectivity index (χ0n) is 29.8. The number of nitrogens with zero attached hydrogens (tertiary/aromatic N) is 2. The maximum atomic E-state index is 13.6. The van der Waals surface area contributed by atoms with Gasteiger partial charge in [0.15, 0.2) is 6.29 Å². The fourth-order valence-corrected chi connectivity index (χ4v) is 9.80. The van der Waals surface area contributed by atoms with Gasteiger partial charge >= 0.3 is 0 Å². The molecule has 4 aliphatic rings. The third-order valence-corrected chi connectivity index (χ3v) is 14.2. The molecule has 6 rings (SSSR count). The van der Waals surface area contributed by atoms with E-state index in [0.717, 1.165) is 80.7 Å². The summed E-state index contributed by atoms with van der Waals surface area (Å²) in [7, 11) is 0.200. The highest BCUT2D eigenvalue weighted by Crippen LogP contribution is 2.53. The highest BCUT2D eigenvalue weighted by atomic mass is 35.5. The van der Waals surface area contributed by atoms with Crippen LogP contribution in [0.2, 0.25) is 5.02 Å². The molecule has 3 aliphatic heterocycles. The summed E-state index contributed by atoms with van der Waals surface area (Å²) in [6.07, 6.45) is 7.16. The minimum Gasteiger partial charge on any atom is -0.487 e. The van der Waals surface area contributed by atoms with Crippen LogP contribution in [0.15, 0.2) is 36.4 Å². The third-order valence-electron chi connectivity index (χ3n) is 12.0. The monoisotopic (exact) mass is 715 g/mol. The number of halogens is 1. The Labute approximate surface area is 298 Å². The Kier molecular flexibility index (Phi) is 11.2. The van der Waals surface area contributed by atoms with Crippen molar-refractivity contribution in [3.05, 3.63) is 58.1 Å². The first kappa shape index (κ1) is 36.4. The van der Waals surface area contributed by atoms with Crippen LogP contribution >= 0.6 is 11.6 Å². The lowest BCUT2D eigenvalue weighted by Gasteiger charge is -2.54. The Morgan fingerprint density at radius 2 is 1.76 bits per heavy atom. The van der Waals surface area contributed by atoms with Gasteiger partial charge in [0, 0.05) is 29.1 Å². The quantitative estimate of drug-likeness (QED) is 0.369. The van der Waals surface area contributed by atoms with Gasteiger partial charge in [-0.25, -0.2) is 13.1 Å². The minimum atomic E-state index is -3.92. The molecule has 9 nitrogen and oxygen atoms in total. The van der Waals surface area contributed by atoms with E-state index >= 15 is 0 Å². The molecule has 2 fully saturated rings. The fourth-order valence-electron chi connectivity index (χ4n) is 8.30. The predicted molar refractivity (Wildman–Crippen MR) is 194 cm³/mol. The number of amides is 1. The molecule has 1 amide bonds. The number of anilines is 1. The standard InChI is InChI=1S/C38H54ClN3O6S/c1-25-9-8-17-38(3,37-47-23-32(24-48-37)41(4)5)33-15-12-29(33)21-42-18-7-6-10-27-19-31(39)14-11-30(27)22-46-35-16-13-28(20-34(35)42)36(43)40-49(44,45)26(25)2/h11,13-14,16,19-20,25-26,29,32-33,37H,6-10,12,15,17-18,21-24H2,1-5H3,(H,40,43)/t25-,26+,29-,32-,33+,37-,38-/m0/s1. The van der Waals surface area contributed by atoms with E-state index in [2.05, 4.69) is 35.5 Å². The largest absolute Gasteiger partial charge is 0.487 e. The topological polar surface area (TPSA) is 97.4 Å². The highest BCUT2D eigenvalue weighted by molar-refractivity contribution is 7.90. The zero-order valence-corrected chi connectivity index (χ0v) is 31.3. The average molecular weight is 716 g/mol. The molecule has 0 radical (unpaired) electrons. The number of hydrogen-bond donors (Lipinski definition) is 1. The van der Waals surface area contributed by atoms with E-state index in [4.69, 9.17) is 25.8 Å². The normalized spacial score (nSPS) is 32.8. The van der Waals surface area contributed by atoms with Crippen molar-refractivity contribution in [3.8, 4) is 5.75 Å². The molecule has 1 saturated heterocycles. The van der Waals surface area contributed by atoms with Crippen LogP contribution in [0.25, 0.3) is 0 Å². The van der Waals surface area contributed by atoms with Crippen LogP contribution in [0.3, 0.4) is 0 Å². The Balaban J connectivity index is 1.37. The van der Waals surface area contributed by atoms with E-state index in [1.54, 1.807) is 13.0 Å². The summed E-state index contributed by atoms with van der Waals surface area (Å²) in [6.45, 7) is 9.23. The van der Waals surface area contributed by atoms with Crippen LogP contribution in [0, 0.1) is 23.2 Å². The number of likely N-dealkylation sites (N-methyl/N-ethyl adjacent to an activating group) is 1. The Hall–Kier alpha value is -2.37. The first-order valence-electron chi connectivity index (χ1n) is 18.1. The van der Waals surface area contributed by atoms with E-state index in [9.17, 15) is 13.2 Å². The number of aryl methyl sites for hydroxylation is 1. The summed E-state index contributed by atoms with van der Waals surface area (Å²) >= 11 is 6.38. The summed E-state index contributed by atoms with van der Waals surface area (Å²) in [4.78, 5) is 18.1. The number of benzene rings is 2. The summed E-state index contributed by atoms with van der Waals surface area (Å²) in [5.41, 5.74) is 3.18. The van der Waals surface area contributed by atoms with Gasteiger partial charge in [-0.05, 0) is 125 Å². The first-order chi connectivity index (χ1) is 23.4. The second-order valence-electron chi connectivity index (χ2n) is 15.4. The predicted octanol–water partition coefficient (Wildman–Crippen LogP) is 6.67. The van der Waals surface area contributed by atoms with E-state index in [1.807, 2.05) is 37.3 Å². The molecule has 2 aromatic rings. The van der Waals surface area contributed by atoms with E-state index in [1.165, 1.54) is 5.56 Å². The van der Waals surface area contributed by atoms with Gasteiger partial charge in [-0.3, -0.25) is 4.79 Å². The summed E-state index contributed by atoms with van der Waals surface area (Å²) in [6, 6.07) is 11.5. The molecule has 270 valence electrons. The van der Waals surface area contributed by atoms with Crippen LogP contribution in [0.1, 0.15) is 87.2 Å². The molecule has 3 heterocycles. The van der Waals surface area contributed by atoms with Crippen molar-refractivity contribution in [1.82, 2.24) is 9.62 Å². The fraction of sp³-hybridized carbons (Fsp3) is 0.658. The number of rotatable bonds is 2. The van der Waals surface area contributed by atoms with Crippen molar-refractivity contribution in [3.63, 3.8) is 0 Å². The summed E-state index contributed by atoms with van der Waals surface area (Å²) < 4.78 is 49.0. The SMILES string of the molecule is C[C@@H]1[C@@H](C)CCC[C@](C)([C@H]2OC[C@H](N(C)C)CO2)[C@@H]2CC[C@H]2CN2CCCCc3cc(Cl)ccc3COc3ccc(cc32)C(=O)NS1(=O)=O. The number of hydrogen-bond acceptors (Lipinski definition) is 8. The lowest BCUT2D eigenvalue weighted by Crippen LogP contribution is -2.55. The Morgan fingerprint density at radius 3 is 2.47 bits per heavy atom. The molecule has 1 saturated carbocycles. The number of nitrogens with one attached hydrogen (secondary N) is 1. The van der Waals surface area contributed by atoms with Crippen molar-refractivity contribution < 1.29 is 27.4 Å².